The lowest BCUT2D eigenvalue weighted by Gasteiger charge is -2.33. The summed E-state index contributed by atoms with van der Waals surface area (Å²) in [5, 5.41) is 11.6. The molecular formula is C17H32Cl2N6O. The van der Waals surface area contributed by atoms with Gasteiger partial charge in [0.2, 0.25) is 0 Å². The van der Waals surface area contributed by atoms with E-state index in [1.165, 1.54) is 25.8 Å². The Kier molecular flexibility index (Phi) is 9.85. The number of likely N-dealkylation sites (tertiary alicyclic amines) is 1. The lowest BCUT2D eigenvalue weighted by atomic mass is 10.00. The van der Waals surface area contributed by atoms with Crippen molar-refractivity contribution < 1.29 is 4.79 Å². The molecule has 0 aliphatic carbocycles. The van der Waals surface area contributed by atoms with Gasteiger partial charge in [-0.25, -0.2) is 4.68 Å². The van der Waals surface area contributed by atoms with Gasteiger partial charge in [0.15, 0.2) is 5.69 Å². The molecule has 1 atom stereocenters. The highest BCUT2D eigenvalue weighted by Crippen LogP contribution is 2.19. The van der Waals surface area contributed by atoms with E-state index in [1.807, 2.05) is 17.9 Å². The number of rotatable bonds is 5. The summed E-state index contributed by atoms with van der Waals surface area (Å²) in [4.78, 5) is 16.8. The van der Waals surface area contributed by atoms with Gasteiger partial charge in [0.1, 0.15) is 0 Å². The van der Waals surface area contributed by atoms with E-state index in [1.54, 1.807) is 4.90 Å². The van der Waals surface area contributed by atoms with Crippen LogP contribution in [0.5, 0.6) is 0 Å². The predicted octanol–water partition coefficient (Wildman–Crippen LogP) is 1.99. The third-order valence-electron chi connectivity index (χ3n) is 5.48. The maximum atomic E-state index is 12.6. The van der Waals surface area contributed by atoms with Gasteiger partial charge in [0.05, 0.1) is 12.2 Å². The highest BCUT2D eigenvalue weighted by atomic mass is 35.5. The molecule has 0 radical (unpaired) electrons. The van der Waals surface area contributed by atoms with Crippen LogP contribution in [0.25, 0.3) is 0 Å². The summed E-state index contributed by atoms with van der Waals surface area (Å²) in [6.45, 7) is 3.95. The van der Waals surface area contributed by atoms with Crippen LogP contribution in [0.15, 0.2) is 6.20 Å². The van der Waals surface area contributed by atoms with Gasteiger partial charge in [-0.3, -0.25) is 4.79 Å². The molecule has 0 aromatic carbocycles. The monoisotopic (exact) mass is 406 g/mol. The summed E-state index contributed by atoms with van der Waals surface area (Å²) in [5.74, 6) is -0.0198. The van der Waals surface area contributed by atoms with Crippen LogP contribution in [-0.2, 0) is 0 Å². The molecule has 0 bridgehead atoms. The molecule has 2 saturated heterocycles. The normalized spacial score (nSPS) is 21.5. The average molecular weight is 407 g/mol. The van der Waals surface area contributed by atoms with Gasteiger partial charge < -0.3 is 15.1 Å². The third-order valence-corrected chi connectivity index (χ3v) is 5.48. The fourth-order valence-electron chi connectivity index (χ4n) is 3.77. The Morgan fingerprint density at radius 1 is 1.27 bits per heavy atom. The first-order valence-electron chi connectivity index (χ1n) is 9.23. The average Bonchev–Trinajstić information content (AvgIpc) is 3.11. The summed E-state index contributed by atoms with van der Waals surface area (Å²) < 4.78 is 1.87. The zero-order valence-corrected chi connectivity index (χ0v) is 17.4. The van der Waals surface area contributed by atoms with E-state index in [0.29, 0.717) is 17.8 Å². The number of carbonyl (C=O) groups excluding carboxylic acids is 1. The van der Waals surface area contributed by atoms with Gasteiger partial charge in [0.25, 0.3) is 5.91 Å². The molecule has 2 fully saturated rings. The lowest BCUT2D eigenvalue weighted by Crippen LogP contribution is -2.39. The van der Waals surface area contributed by atoms with Crippen molar-refractivity contribution in [2.75, 3.05) is 40.3 Å². The number of halogens is 2. The van der Waals surface area contributed by atoms with E-state index < -0.39 is 0 Å². The van der Waals surface area contributed by atoms with Gasteiger partial charge in [-0.1, -0.05) is 11.6 Å². The molecule has 26 heavy (non-hydrogen) atoms. The number of nitrogens with one attached hydrogen (secondary N) is 1. The smallest absolute Gasteiger partial charge is 0.275 e. The Balaban J connectivity index is 0.00000169. The molecule has 2 aliphatic rings. The Morgan fingerprint density at radius 3 is 2.69 bits per heavy atom. The predicted molar refractivity (Wildman–Crippen MR) is 108 cm³/mol. The van der Waals surface area contributed by atoms with Gasteiger partial charge in [0, 0.05) is 19.6 Å². The molecule has 3 rings (SSSR count). The third kappa shape index (κ3) is 5.81. The highest BCUT2D eigenvalue weighted by molar-refractivity contribution is 5.91. The maximum absolute atomic E-state index is 12.6. The van der Waals surface area contributed by atoms with Crippen LogP contribution in [0, 0.1) is 0 Å². The number of piperidine rings is 2. The zero-order valence-electron chi connectivity index (χ0n) is 15.8. The van der Waals surface area contributed by atoms with Crippen molar-refractivity contribution in [1.82, 2.24) is 30.1 Å². The topological polar surface area (TPSA) is 66.3 Å². The molecule has 1 aromatic rings. The van der Waals surface area contributed by atoms with E-state index in [0.717, 1.165) is 38.9 Å². The second-order valence-electron chi connectivity index (χ2n) is 7.21. The minimum atomic E-state index is -0.0198. The molecule has 9 heteroatoms. The molecule has 0 spiro atoms. The van der Waals surface area contributed by atoms with Crippen LogP contribution in [-0.4, -0.2) is 77.0 Å². The number of aromatic nitrogens is 3. The summed E-state index contributed by atoms with van der Waals surface area (Å²) >= 11 is 0. The molecule has 1 unspecified atom stereocenters. The minimum Gasteiger partial charge on any atom is -0.340 e. The number of carbonyl (C=O) groups is 1. The molecule has 1 aromatic heterocycles. The molecule has 2 aliphatic heterocycles. The van der Waals surface area contributed by atoms with Crippen molar-refractivity contribution in [2.24, 2.45) is 0 Å². The van der Waals surface area contributed by atoms with E-state index in [-0.39, 0.29) is 30.7 Å². The quantitative estimate of drug-likeness (QED) is 0.809. The summed E-state index contributed by atoms with van der Waals surface area (Å²) in [6, 6.07) is 0.959. The van der Waals surface area contributed by atoms with Crippen LogP contribution in [0.3, 0.4) is 0 Å². The van der Waals surface area contributed by atoms with Crippen molar-refractivity contribution in [3.8, 4) is 0 Å². The van der Waals surface area contributed by atoms with Gasteiger partial charge in [-0.05, 0) is 58.8 Å². The van der Waals surface area contributed by atoms with Crippen LogP contribution in [0.1, 0.15) is 55.1 Å². The van der Waals surface area contributed by atoms with Crippen molar-refractivity contribution in [3.05, 3.63) is 11.9 Å². The van der Waals surface area contributed by atoms with Gasteiger partial charge in [-0.15, -0.1) is 29.9 Å². The SMILES string of the molecule is CN(CCC1CCCCN1C)C(=O)c1cn(C2CCNCC2)nn1.Cl.Cl. The molecular weight excluding hydrogens is 375 g/mol. The molecule has 1 N–H and O–H groups in total. The summed E-state index contributed by atoms with van der Waals surface area (Å²) in [7, 11) is 4.06. The molecule has 0 saturated carbocycles. The highest BCUT2D eigenvalue weighted by Gasteiger charge is 2.23. The molecule has 1 amide bonds. The van der Waals surface area contributed by atoms with Crippen LogP contribution >= 0.6 is 24.8 Å². The molecule has 7 nitrogen and oxygen atoms in total. The number of amides is 1. The Labute approximate surface area is 168 Å². The Morgan fingerprint density at radius 2 is 2.00 bits per heavy atom. The van der Waals surface area contributed by atoms with Crippen LogP contribution < -0.4 is 5.32 Å². The Hall–Kier alpha value is -0.890. The van der Waals surface area contributed by atoms with E-state index in [9.17, 15) is 4.79 Å². The molecule has 150 valence electrons. The lowest BCUT2D eigenvalue weighted by molar-refractivity contribution is 0.0764. The van der Waals surface area contributed by atoms with Crippen molar-refractivity contribution >= 4 is 30.7 Å². The summed E-state index contributed by atoms with van der Waals surface area (Å²) in [6.07, 6.45) is 8.77. The van der Waals surface area contributed by atoms with Crippen LogP contribution in [0.2, 0.25) is 0 Å². The zero-order chi connectivity index (χ0) is 16.9. The number of hydrogen-bond acceptors (Lipinski definition) is 5. The second kappa shape index (κ2) is 11.1. The van der Waals surface area contributed by atoms with E-state index in [4.69, 9.17) is 0 Å². The van der Waals surface area contributed by atoms with Gasteiger partial charge >= 0.3 is 0 Å². The summed E-state index contributed by atoms with van der Waals surface area (Å²) in [5.41, 5.74) is 0.466. The van der Waals surface area contributed by atoms with E-state index in [2.05, 4.69) is 27.6 Å². The maximum Gasteiger partial charge on any atom is 0.275 e. The second-order valence-corrected chi connectivity index (χ2v) is 7.21. The van der Waals surface area contributed by atoms with Crippen LogP contribution in [0.4, 0.5) is 0 Å². The van der Waals surface area contributed by atoms with Gasteiger partial charge in [-0.2, -0.15) is 0 Å². The van der Waals surface area contributed by atoms with Crippen molar-refractivity contribution in [3.63, 3.8) is 0 Å². The molecule has 3 heterocycles. The fourth-order valence-corrected chi connectivity index (χ4v) is 3.77. The standard InChI is InChI=1S/C17H30N6O.2ClH/c1-21-11-4-3-5-14(21)8-12-22(2)17(24)16-13-23(20-19-16)15-6-9-18-10-7-15;;/h13-15,18H,3-12H2,1-2H3;2*1H. The first-order valence-corrected chi connectivity index (χ1v) is 9.23. The van der Waals surface area contributed by atoms with E-state index >= 15 is 0 Å². The first kappa shape index (κ1) is 23.1. The number of hydrogen-bond donors (Lipinski definition) is 1. The largest absolute Gasteiger partial charge is 0.340 e. The van der Waals surface area contributed by atoms with Crippen molar-refractivity contribution in [2.45, 2.75) is 50.6 Å². The fraction of sp³-hybridized carbons (Fsp3) is 0.824. The van der Waals surface area contributed by atoms with Crippen molar-refractivity contribution in [1.29, 1.82) is 0 Å². The first-order chi connectivity index (χ1) is 11.6. The Bertz CT molecular complexity index is 549. The minimum absolute atomic E-state index is 0. The number of nitrogens with zero attached hydrogens (tertiary/aromatic N) is 5.